The summed E-state index contributed by atoms with van der Waals surface area (Å²) in [6.45, 7) is 1.88. The zero-order valence-corrected chi connectivity index (χ0v) is 6.85. The predicted octanol–water partition coefficient (Wildman–Crippen LogP) is 1.69. The van der Waals surface area contributed by atoms with E-state index in [9.17, 15) is 0 Å². The third-order valence-electron chi connectivity index (χ3n) is 1.42. The van der Waals surface area contributed by atoms with Crippen LogP contribution in [0.2, 0.25) is 0 Å². The molecule has 0 aliphatic rings. The lowest BCUT2D eigenvalue weighted by atomic mass is 10.4. The zero-order valence-electron chi connectivity index (χ0n) is 6.03. The van der Waals surface area contributed by atoms with Crippen molar-refractivity contribution in [2.24, 2.45) is 0 Å². The summed E-state index contributed by atoms with van der Waals surface area (Å²) in [5, 5.41) is 1.06. The quantitative estimate of drug-likeness (QED) is 0.652. The Morgan fingerprint density at radius 3 is 3.09 bits per heavy atom. The number of aromatic nitrogens is 3. The van der Waals surface area contributed by atoms with Gasteiger partial charge in [0.1, 0.15) is 11.5 Å². The minimum absolute atomic E-state index is 0. The maximum Gasteiger partial charge on any atom is 0.140 e. The smallest absolute Gasteiger partial charge is 0.140 e. The van der Waals surface area contributed by atoms with Crippen molar-refractivity contribution in [3.63, 3.8) is 0 Å². The molecule has 3 nitrogen and oxygen atoms in total. The van der Waals surface area contributed by atoms with Gasteiger partial charge >= 0.3 is 0 Å². The molecular weight excluding hydrogens is 162 g/mol. The summed E-state index contributed by atoms with van der Waals surface area (Å²) >= 11 is 0. The molecule has 4 heteroatoms. The Morgan fingerprint density at radius 2 is 2.27 bits per heavy atom. The summed E-state index contributed by atoms with van der Waals surface area (Å²) in [7, 11) is 0. The molecule has 0 saturated carbocycles. The van der Waals surface area contributed by atoms with Crippen molar-refractivity contribution in [2.75, 3.05) is 0 Å². The van der Waals surface area contributed by atoms with Gasteiger partial charge in [0.05, 0.1) is 0 Å². The van der Waals surface area contributed by atoms with E-state index in [1.54, 1.807) is 0 Å². The van der Waals surface area contributed by atoms with Gasteiger partial charge in [-0.3, -0.25) is 0 Å². The molecule has 0 aliphatic carbocycles. The molecule has 0 amide bonds. The highest BCUT2D eigenvalue weighted by Crippen LogP contribution is 2.06. The molecule has 11 heavy (non-hydrogen) atoms. The molecule has 0 aromatic carbocycles. The van der Waals surface area contributed by atoms with Gasteiger partial charge in [0, 0.05) is 17.8 Å². The van der Waals surface area contributed by atoms with Gasteiger partial charge in [0.15, 0.2) is 0 Å². The van der Waals surface area contributed by atoms with E-state index in [1.807, 2.05) is 25.4 Å². The molecule has 1 N–H and O–H groups in total. The van der Waals surface area contributed by atoms with E-state index in [-0.39, 0.29) is 12.4 Å². The Morgan fingerprint density at radius 1 is 1.45 bits per heavy atom. The first-order valence-electron chi connectivity index (χ1n) is 3.13. The third-order valence-corrected chi connectivity index (χ3v) is 1.42. The second-order valence-corrected chi connectivity index (χ2v) is 2.20. The Bertz CT molecular complexity index is 355. The van der Waals surface area contributed by atoms with E-state index in [2.05, 4.69) is 15.0 Å². The summed E-state index contributed by atoms with van der Waals surface area (Å²) in [6, 6.07) is 1.95. The summed E-state index contributed by atoms with van der Waals surface area (Å²) in [6.07, 6.45) is 3.67. The Hall–Kier alpha value is -1.09. The molecule has 0 atom stereocenters. The van der Waals surface area contributed by atoms with Gasteiger partial charge in [-0.15, -0.1) is 12.4 Å². The van der Waals surface area contributed by atoms with Crippen LogP contribution in [0.1, 0.15) is 5.82 Å². The molecular formula is C7H8ClN3. The zero-order chi connectivity index (χ0) is 6.97. The minimum atomic E-state index is 0. The maximum atomic E-state index is 4.17. The average Bonchev–Trinajstić information content (AvgIpc) is 2.33. The molecule has 0 bridgehead atoms. The lowest BCUT2D eigenvalue weighted by Gasteiger charge is -1.88. The maximum absolute atomic E-state index is 4.17. The van der Waals surface area contributed by atoms with E-state index in [4.69, 9.17) is 0 Å². The number of hydrogen-bond donors (Lipinski definition) is 1. The molecule has 2 heterocycles. The highest BCUT2D eigenvalue weighted by Gasteiger charge is 1.93. The fourth-order valence-corrected chi connectivity index (χ4v) is 0.927. The van der Waals surface area contributed by atoms with Crippen molar-refractivity contribution in [1.82, 2.24) is 15.0 Å². The van der Waals surface area contributed by atoms with Gasteiger partial charge in [0.25, 0.3) is 0 Å². The van der Waals surface area contributed by atoms with Gasteiger partial charge in [-0.05, 0) is 13.0 Å². The second-order valence-electron chi connectivity index (χ2n) is 2.20. The van der Waals surface area contributed by atoms with Crippen LogP contribution in [0.4, 0.5) is 0 Å². The number of aryl methyl sites for hydroxylation is 1. The number of H-pyrrole nitrogens is 1. The Balaban J connectivity index is 0.000000605. The summed E-state index contributed by atoms with van der Waals surface area (Å²) < 4.78 is 0. The summed E-state index contributed by atoms with van der Waals surface area (Å²) in [5.41, 5.74) is 0.910. The summed E-state index contributed by atoms with van der Waals surface area (Å²) in [4.78, 5) is 11.2. The lowest BCUT2D eigenvalue weighted by molar-refractivity contribution is 1.08. The number of hydrogen-bond acceptors (Lipinski definition) is 2. The monoisotopic (exact) mass is 169 g/mol. The molecule has 58 valence electrons. The molecule has 0 spiro atoms. The van der Waals surface area contributed by atoms with Gasteiger partial charge in [-0.1, -0.05) is 0 Å². The fraction of sp³-hybridized carbons (Fsp3) is 0.143. The Kier molecular flexibility index (Phi) is 2.10. The van der Waals surface area contributed by atoms with Gasteiger partial charge < -0.3 is 4.98 Å². The molecule has 2 aromatic heterocycles. The number of aromatic amines is 1. The first-order chi connectivity index (χ1) is 4.86. The second kappa shape index (κ2) is 2.88. The third kappa shape index (κ3) is 1.33. The normalized spacial score (nSPS) is 9.55. The van der Waals surface area contributed by atoms with Crippen LogP contribution in [0.3, 0.4) is 0 Å². The van der Waals surface area contributed by atoms with Gasteiger partial charge in [0.2, 0.25) is 0 Å². The highest BCUT2D eigenvalue weighted by atomic mass is 35.5. The van der Waals surface area contributed by atoms with Crippen LogP contribution in [0, 0.1) is 6.92 Å². The van der Waals surface area contributed by atoms with Crippen molar-refractivity contribution >= 4 is 23.4 Å². The molecule has 2 rings (SSSR count). The molecule has 0 fully saturated rings. The standard InChI is InChI=1S/C7H7N3.ClH/c1-5-9-4-6-2-3-8-7(6)10-5;/h2-4H,1H3,(H,8,9,10);1H. The van der Waals surface area contributed by atoms with Crippen molar-refractivity contribution in [3.05, 3.63) is 24.3 Å². The highest BCUT2D eigenvalue weighted by molar-refractivity contribution is 5.85. The van der Waals surface area contributed by atoms with Crippen molar-refractivity contribution in [1.29, 1.82) is 0 Å². The molecule has 0 unspecified atom stereocenters. The number of rotatable bonds is 0. The molecule has 0 saturated heterocycles. The van der Waals surface area contributed by atoms with E-state index >= 15 is 0 Å². The Labute approximate surface area is 70.3 Å². The van der Waals surface area contributed by atoms with E-state index < -0.39 is 0 Å². The van der Waals surface area contributed by atoms with Crippen molar-refractivity contribution in [3.8, 4) is 0 Å². The van der Waals surface area contributed by atoms with Gasteiger partial charge in [-0.25, -0.2) is 9.97 Å². The van der Waals surface area contributed by atoms with Crippen LogP contribution < -0.4 is 0 Å². The van der Waals surface area contributed by atoms with Crippen molar-refractivity contribution < 1.29 is 0 Å². The van der Waals surface area contributed by atoms with Crippen LogP contribution in [0.25, 0.3) is 11.0 Å². The first kappa shape index (κ1) is 8.01. The largest absolute Gasteiger partial charge is 0.346 e. The lowest BCUT2D eigenvalue weighted by Crippen LogP contribution is -1.85. The molecule has 0 radical (unpaired) electrons. The predicted molar refractivity (Wildman–Crippen MR) is 45.9 cm³/mol. The SMILES string of the molecule is Cc1ncc2cc[nH]c2n1.Cl. The van der Waals surface area contributed by atoms with Crippen LogP contribution in [-0.4, -0.2) is 15.0 Å². The van der Waals surface area contributed by atoms with Crippen LogP contribution in [0.5, 0.6) is 0 Å². The topological polar surface area (TPSA) is 41.6 Å². The molecule has 0 aliphatic heterocycles. The molecule has 2 aromatic rings. The van der Waals surface area contributed by atoms with E-state index in [0.29, 0.717) is 0 Å². The van der Waals surface area contributed by atoms with Crippen LogP contribution in [0.15, 0.2) is 18.5 Å². The first-order valence-corrected chi connectivity index (χ1v) is 3.13. The number of nitrogens with zero attached hydrogens (tertiary/aromatic N) is 2. The average molecular weight is 170 g/mol. The number of nitrogens with one attached hydrogen (secondary N) is 1. The van der Waals surface area contributed by atoms with E-state index in [1.165, 1.54) is 0 Å². The van der Waals surface area contributed by atoms with E-state index in [0.717, 1.165) is 16.9 Å². The van der Waals surface area contributed by atoms with Crippen LogP contribution >= 0.6 is 12.4 Å². The number of halogens is 1. The number of fused-ring (bicyclic) bond motifs is 1. The minimum Gasteiger partial charge on any atom is -0.346 e. The summed E-state index contributed by atoms with van der Waals surface area (Å²) in [5.74, 6) is 0.801. The van der Waals surface area contributed by atoms with Crippen molar-refractivity contribution in [2.45, 2.75) is 6.92 Å². The van der Waals surface area contributed by atoms with Gasteiger partial charge in [-0.2, -0.15) is 0 Å². The fourth-order valence-electron chi connectivity index (χ4n) is 0.927. The van der Waals surface area contributed by atoms with Crippen LogP contribution in [-0.2, 0) is 0 Å².